The molecule has 0 aliphatic carbocycles. The van der Waals surface area contributed by atoms with Gasteiger partial charge in [0, 0.05) is 10.8 Å². The zero-order chi connectivity index (χ0) is 46.7. The van der Waals surface area contributed by atoms with Crippen LogP contribution in [0.4, 0.5) is 0 Å². The van der Waals surface area contributed by atoms with Gasteiger partial charge in [0.2, 0.25) is 0 Å². The molecule has 332 valence electrons. The maximum Gasteiger partial charge on any atom is 0.296 e. The smallest absolute Gasteiger partial charge is 0.282 e. The van der Waals surface area contributed by atoms with E-state index in [0.717, 1.165) is 82.4 Å². The molecule has 0 radical (unpaired) electrons. The Labute approximate surface area is 359 Å². The zero-order valence-corrected chi connectivity index (χ0v) is 35.9. The first kappa shape index (κ1) is 44.4. The second-order valence-corrected chi connectivity index (χ2v) is 21.9. The molecule has 0 fully saturated rings. The summed E-state index contributed by atoms with van der Waals surface area (Å²) in [4.78, 5) is -3.11. The van der Waals surface area contributed by atoms with Gasteiger partial charge in [-0.3, -0.25) is 27.3 Å². The number of nitrogens with zero attached hydrogens (tertiary/aromatic N) is 6. The molecule has 0 spiro atoms. The van der Waals surface area contributed by atoms with Gasteiger partial charge < -0.3 is 0 Å². The summed E-state index contributed by atoms with van der Waals surface area (Å²) >= 11 is 0. The highest BCUT2D eigenvalue weighted by atomic mass is 32.2. The summed E-state index contributed by atoms with van der Waals surface area (Å²) in [5.74, 6) is 0. The molecule has 64 heavy (non-hydrogen) atoms. The zero-order valence-electron chi connectivity index (χ0n) is 31.0. The average Bonchev–Trinajstić information content (AvgIpc) is 3.83. The van der Waals surface area contributed by atoms with Crippen LogP contribution in [0.3, 0.4) is 0 Å². The lowest BCUT2D eigenvalue weighted by Gasteiger charge is -2.08. The minimum atomic E-state index is -5.14. The number of hydrogen-bond donors (Lipinski definition) is 6. The van der Waals surface area contributed by atoms with Crippen LogP contribution in [0.15, 0.2) is 114 Å². The van der Waals surface area contributed by atoms with Crippen molar-refractivity contribution in [3.05, 3.63) is 96.1 Å². The van der Waals surface area contributed by atoms with E-state index in [2.05, 4.69) is 20.4 Å². The molecule has 0 unspecified atom stereocenters. The van der Waals surface area contributed by atoms with Crippen LogP contribution in [0.1, 0.15) is 11.1 Å². The highest BCUT2D eigenvalue weighted by molar-refractivity contribution is 7.87. The van der Waals surface area contributed by atoms with Gasteiger partial charge in [-0.05, 0) is 82.6 Å². The Balaban J connectivity index is 1.22. The topological polar surface area (TPSA) is 388 Å². The first-order chi connectivity index (χ1) is 29.5. The quantitative estimate of drug-likeness (QED) is 0.0846. The van der Waals surface area contributed by atoms with Crippen molar-refractivity contribution in [3.8, 4) is 11.4 Å². The van der Waals surface area contributed by atoms with E-state index >= 15 is 0 Å². The molecule has 0 saturated carbocycles. The summed E-state index contributed by atoms with van der Waals surface area (Å²) in [6, 6.07) is 14.1. The predicted molar refractivity (Wildman–Crippen MR) is 221 cm³/mol. The van der Waals surface area contributed by atoms with Crippen molar-refractivity contribution in [1.82, 2.24) is 30.0 Å². The number of hydrogen-bond acceptors (Lipinski definition) is 16. The van der Waals surface area contributed by atoms with Crippen molar-refractivity contribution in [2.24, 2.45) is 0 Å². The van der Waals surface area contributed by atoms with Crippen molar-refractivity contribution in [1.29, 1.82) is 0 Å². The molecule has 0 atom stereocenters. The maximum absolute atomic E-state index is 12.7. The van der Waals surface area contributed by atoms with Crippen molar-refractivity contribution in [3.63, 3.8) is 0 Å². The van der Waals surface area contributed by atoms with E-state index in [1.807, 2.05) is 0 Å². The van der Waals surface area contributed by atoms with E-state index < -0.39 is 101 Å². The highest BCUT2D eigenvalue weighted by Gasteiger charge is 2.26. The summed E-state index contributed by atoms with van der Waals surface area (Å²) < 4.78 is 206. The number of rotatable bonds is 10. The lowest BCUT2D eigenvalue weighted by atomic mass is 10.1. The first-order valence-corrected chi connectivity index (χ1v) is 25.6. The molecular formula is C34H22N6O18S6. The molecular weight excluding hydrogens is 973 g/mol. The summed E-state index contributed by atoms with van der Waals surface area (Å²) in [5.41, 5.74) is -2.40. The highest BCUT2D eigenvalue weighted by Crippen LogP contribution is 2.34. The molecule has 0 bridgehead atoms. The Kier molecular flexibility index (Phi) is 10.2. The van der Waals surface area contributed by atoms with Gasteiger partial charge in [-0.15, -0.1) is 20.4 Å². The van der Waals surface area contributed by atoms with Crippen LogP contribution in [0.5, 0.6) is 0 Å². The Hall–Kier alpha value is -6.16. The molecule has 2 aromatic heterocycles. The number of aromatic nitrogens is 6. The summed E-state index contributed by atoms with van der Waals surface area (Å²) in [7, 11) is -29.9. The van der Waals surface area contributed by atoms with Crippen LogP contribution in [-0.4, -0.2) is 108 Å². The van der Waals surface area contributed by atoms with Gasteiger partial charge in [-0.2, -0.15) is 60.1 Å². The van der Waals surface area contributed by atoms with Crippen LogP contribution < -0.4 is 0 Å². The largest absolute Gasteiger partial charge is 0.296 e. The van der Waals surface area contributed by atoms with Gasteiger partial charge in [0.15, 0.2) is 0 Å². The molecule has 2 heterocycles. The third-order valence-electron chi connectivity index (χ3n) is 9.43. The van der Waals surface area contributed by atoms with E-state index in [4.69, 9.17) is 0 Å². The fourth-order valence-corrected chi connectivity index (χ4v) is 10.4. The Morgan fingerprint density at radius 1 is 0.359 bits per heavy atom. The van der Waals surface area contributed by atoms with Gasteiger partial charge in [0.1, 0.15) is 41.6 Å². The van der Waals surface area contributed by atoms with E-state index in [9.17, 15) is 77.8 Å². The molecule has 6 N–H and O–H groups in total. The van der Waals surface area contributed by atoms with E-state index in [0.29, 0.717) is 0 Å². The molecule has 30 heteroatoms. The second-order valence-electron chi connectivity index (χ2n) is 13.5. The van der Waals surface area contributed by atoms with Crippen LogP contribution >= 0.6 is 0 Å². The van der Waals surface area contributed by atoms with Crippen LogP contribution in [-0.2, 0) is 60.7 Å². The van der Waals surface area contributed by atoms with Crippen LogP contribution in [0.25, 0.3) is 67.1 Å². The first-order valence-electron chi connectivity index (χ1n) is 17.0. The Morgan fingerprint density at radius 2 is 0.688 bits per heavy atom. The molecule has 8 aromatic rings. The maximum atomic E-state index is 12.7. The minimum absolute atomic E-state index is 0.0843. The van der Waals surface area contributed by atoms with Crippen molar-refractivity contribution in [2.45, 2.75) is 29.4 Å². The predicted octanol–water partition coefficient (Wildman–Crippen LogP) is 3.11. The number of fused-ring (bicyclic) bond motifs is 6. The normalized spacial score (nSPS) is 13.5. The van der Waals surface area contributed by atoms with Crippen molar-refractivity contribution in [2.75, 3.05) is 0 Å². The SMILES string of the molecule is O=S(=O)(O)c1ccc2c(c1)cc(S(=O)(=O)O)c1nn(-c3ccc(/C=C/c4ccc(-n5nc6c(S(=O)(=O)O)cc7cc(S(=O)(=O)O)ccc7c6n5)cc4S(=O)(=O)O)c(S(=O)(=O)O)c3)nc12. The Bertz CT molecular complexity index is 3860. The average molecular weight is 995 g/mol. The number of benzene rings is 6. The van der Waals surface area contributed by atoms with Gasteiger partial charge in [-0.1, -0.05) is 36.4 Å². The molecule has 8 rings (SSSR count). The van der Waals surface area contributed by atoms with E-state index in [1.54, 1.807) is 0 Å². The van der Waals surface area contributed by atoms with Crippen LogP contribution in [0, 0.1) is 0 Å². The van der Waals surface area contributed by atoms with Crippen LogP contribution in [0.2, 0.25) is 0 Å². The van der Waals surface area contributed by atoms with E-state index in [1.165, 1.54) is 24.3 Å². The fourth-order valence-electron chi connectivity index (χ4n) is 6.62. The summed E-state index contributed by atoms with van der Waals surface area (Å²) in [5, 5.41) is 16.5. The summed E-state index contributed by atoms with van der Waals surface area (Å²) in [6.45, 7) is 0. The molecule has 0 amide bonds. The van der Waals surface area contributed by atoms with Gasteiger partial charge in [0.05, 0.1) is 21.2 Å². The van der Waals surface area contributed by atoms with E-state index in [-0.39, 0.29) is 55.1 Å². The molecule has 0 saturated heterocycles. The van der Waals surface area contributed by atoms with Gasteiger partial charge in [-0.25, -0.2) is 0 Å². The molecule has 0 aliphatic rings. The molecule has 0 aliphatic heterocycles. The Morgan fingerprint density at radius 3 is 1.00 bits per heavy atom. The third-order valence-corrected chi connectivity index (χ3v) is 14.7. The summed E-state index contributed by atoms with van der Waals surface area (Å²) in [6.07, 6.45) is 2.04. The second kappa shape index (κ2) is 14.7. The van der Waals surface area contributed by atoms with Crippen molar-refractivity contribution >= 4 is 116 Å². The van der Waals surface area contributed by atoms with Crippen molar-refractivity contribution < 1.29 is 77.8 Å². The van der Waals surface area contributed by atoms with Gasteiger partial charge >= 0.3 is 0 Å². The monoisotopic (exact) mass is 994 g/mol. The van der Waals surface area contributed by atoms with Gasteiger partial charge in [0.25, 0.3) is 60.7 Å². The third kappa shape index (κ3) is 8.23. The fraction of sp³-hybridized carbons (Fsp3) is 0. The standard InChI is InChI=1S/C34H22N6O18S6/c41-59(42,43)23-7-9-25-19(11-23)13-29(63(53,54)55)33-31(25)35-39(37-33)21-5-3-17(27(15-21)61(47,48)49)1-2-18-4-6-22(16-28(18)62(50,51)52)40-36-32-26-10-8-24(60(44,45)46)12-20(26)14-30(34(32)38-40)64(56,57)58/h1-16H,(H,41,42,43)(H,44,45,46)(H,47,48,49)(H,50,51,52)(H,53,54,55)(H,56,57,58)/b2-1+. The molecule has 6 aromatic carbocycles. The lowest BCUT2D eigenvalue weighted by molar-refractivity contribution is 0.480. The minimum Gasteiger partial charge on any atom is -0.282 e. The lowest BCUT2D eigenvalue weighted by Crippen LogP contribution is -2.06. The molecule has 24 nitrogen and oxygen atoms in total.